The molecule has 0 N–H and O–H groups in total. The van der Waals surface area contributed by atoms with Crippen LogP contribution in [-0.2, 0) is 0 Å². The van der Waals surface area contributed by atoms with Crippen molar-refractivity contribution in [3.8, 4) is 6.07 Å². The molecule has 12 heavy (non-hydrogen) atoms. The van der Waals surface area contributed by atoms with E-state index in [1.807, 2.05) is 26.0 Å². The highest BCUT2D eigenvalue weighted by atomic mass is 14.9. The van der Waals surface area contributed by atoms with Gasteiger partial charge in [0.15, 0.2) is 5.82 Å². The summed E-state index contributed by atoms with van der Waals surface area (Å²) in [5.41, 5.74) is 1.83. The van der Waals surface area contributed by atoms with Crippen molar-refractivity contribution in [2.75, 3.05) is 0 Å². The molecule has 0 fully saturated rings. The molecular formula is C9H9N3. The summed E-state index contributed by atoms with van der Waals surface area (Å²) in [6, 6.07) is 3.79. The Morgan fingerprint density at radius 2 is 1.92 bits per heavy atom. The zero-order chi connectivity index (χ0) is 8.97. The first kappa shape index (κ1) is 8.41. The Kier molecular flexibility index (Phi) is 2.54. The molecule has 60 valence electrons. The number of aromatic nitrogens is 2. The van der Waals surface area contributed by atoms with E-state index in [2.05, 4.69) is 9.97 Å². The minimum absolute atomic E-state index is 0.592. The highest BCUT2D eigenvalue weighted by Crippen LogP contribution is 2.00. The first-order valence-electron chi connectivity index (χ1n) is 3.61. The third-order valence-electron chi connectivity index (χ3n) is 1.31. The largest absolute Gasteiger partial charge is 0.234 e. The number of nitriles is 1. The van der Waals surface area contributed by atoms with Crippen molar-refractivity contribution in [2.45, 2.75) is 13.8 Å². The van der Waals surface area contributed by atoms with E-state index in [0.29, 0.717) is 5.82 Å². The smallest absolute Gasteiger partial charge is 0.153 e. The monoisotopic (exact) mass is 159 g/mol. The molecule has 3 heteroatoms. The number of aryl methyl sites for hydroxylation is 2. The minimum atomic E-state index is 0.592. The van der Waals surface area contributed by atoms with E-state index < -0.39 is 0 Å². The summed E-state index contributed by atoms with van der Waals surface area (Å²) in [6.45, 7) is 3.80. The van der Waals surface area contributed by atoms with Gasteiger partial charge < -0.3 is 0 Å². The average Bonchev–Trinajstić information content (AvgIpc) is 1.99. The molecule has 0 aliphatic rings. The number of hydrogen-bond donors (Lipinski definition) is 0. The quantitative estimate of drug-likeness (QED) is 0.585. The van der Waals surface area contributed by atoms with E-state index in [9.17, 15) is 0 Å². The molecule has 0 atom stereocenters. The Morgan fingerprint density at radius 3 is 2.42 bits per heavy atom. The molecule has 0 aliphatic heterocycles. The number of nitrogens with zero attached hydrogens (tertiary/aromatic N) is 3. The Bertz CT molecular complexity index is 327. The van der Waals surface area contributed by atoms with Gasteiger partial charge >= 0.3 is 0 Å². The fraction of sp³-hybridized carbons (Fsp3) is 0.222. The molecule has 0 spiro atoms. The van der Waals surface area contributed by atoms with Gasteiger partial charge in [-0.1, -0.05) is 0 Å². The van der Waals surface area contributed by atoms with Crippen LogP contribution in [0.1, 0.15) is 17.2 Å². The second-order valence-corrected chi connectivity index (χ2v) is 2.47. The second kappa shape index (κ2) is 3.63. The molecule has 0 amide bonds. The van der Waals surface area contributed by atoms with Crippen LogP contribution in [0.15, 0.2) is 12.1 Å². The lowest BCUT2D eigenvalue weighted by Gasteiger charge is -1.96. The van der Waals surface area contributed by atoms with Crippen LogP contribution in [0, 0.1) is 25.2 Å². The van der Waals surface area contributed by atoms with E-state index in [4.69, 9.17) is 5.26 Å². The molecule has 1 rings (SSSR count). The van der Waals surface area contributed by atoms with Crippen LogP contribution in [0.4, 0.5) is 0 Å². The Morgan fingerprint density at radius 1 is 1.33 bits per heavy atom. The first-order valence-corrected chi connectivity index (χ1v) is 3.61. The molecule has 1 aromatic heterocycles. The molecule has 0 radical (unpaired) electrons. The van der Waals surface area contributed by atoms with Crippen LogP contribution in [0.25, 0.3) is 6.08 Å². The maximum absolute atomic E-state index is 8.27. The zero-order valence-corrected chi connectivity index (χ0v) is 7.07. The van der Waals surface area contributed by atoms with Crippen LogP contribution in [0.5, 0.6) is 0 Å². The molecular weight excluding hydrogens is 150 g/mol. The van der Waals surface area contributed by atoms with Crippen molar-refractivity contribution in [3.63, 3.8) is 0 Å². The summed E-state index contributed by atoms with van der Waals surface area (Å²) in [7, 11) is 0. The number of rotatable bonds is 1. The van der Waals surface area contributed by atoms with Gasteiger partial charge in [-0.2, -0.15) is 5.26 Å². The molecule has 3 nitrogen and oxygen atoms in total. The third kappa shape index (κ3) is 2.17. The lowest BCUT2D eigenvalue weighted by Crippen LogP contribution is -1.92. The fourth-order valence-corrected chi connectivity index (χ4v) is 0.940. The van der Waals surface area contributed by atoms with Gasteiger partial charge in [-0.3, -0.25) is 0 Å². The predicted molar refractivity (Wildman–Crippen MR) is 46.2 cm³/mol. The topological polar surface area (TPSA) is 49.6 Å². The summed E-state index contributed by atoms with van der Waals surface area (Å²) in [5.74, 6) is 0.592. The first-order chi connectivity index (χ1) is 5.72. The van der Waals surface area contributed by atoms with Crippen LogP contribution in [0.2, 0.25) is 0 Å². The van der Waals surface area contributed by atoms with E-state index in [1.54, 1.807) is 6.08 Å². The Labute approximate surface area is 71.4 Å². The van der Waals surface area contributed by atoms with E-state index in [0.717, 1.165) is 11.4 Å². The lowest BCUT2D eigenvalue weighted by molar-refractivity contribution is 1.03. The van der Waals surface area contributed by atoms with Crippen molar-refractivity contribution in [1.29, 1.82) is 5.26 Å². The molecule has 0 unspecified atom stereocenters. The standard InChI is InChI=1S/C9H9N3/c1-7-6-8(2)12-9(11-7)4-3-5-10/h3-4,6H,1-2H3/b4-3+. The summed E-state index contributed by atoms with van der Waals surface area (Å²) in [5, 5.41) is 8.27. The van der Waals surface area contributed by atoms with Gasteiger partial charge in [-0.25, -0.2) is 9.97 Å². The van der Waals surface area contributed by atoms with Crippen LogP contribution < -0.4 is 0 Å². The van der Waals surface area contributed by atoms with Gasteiger partial charge in [-0.05, 0) is 26.0 Å². The van der Waals surface area contributed by atoms with Gasteiger partial charge in [0, 0.05) is 17.5 Å². The summed E-state index contributed by atoms with van der Waals surface area (Å²) in [6.07, 6.45) is 2.97. The van der Waals surface area contributed by atoms with Crippen LogP contribution >= 0.6 is 0 Å². The minimum Gasteiger partial charge on any atom is -0.234 e. The van der Waals surface area contributed by atoms with E-state index in [-0.39, 0.29) is 0 Å². The molecule has 1 aromatic rings. The van der Waals surface area contributed by atoms with Crippen LogP contribution in [-0.4, -0.2) is 9.97 Å². The van der Waals surface area contributed by atoms with Crippen molar-refractivity contribution >= 4 is 6.08 Å². The van der Waals surface area contributed by atoms with Crippen LogP contribution in [0.3, 0.4) is 0 Å². The summed E-state index contributed by atoms with van der Waals surface area (Å²) >= 11 is 0. The lowest BCUT2D eigenvalue weighted by atomic mass is 10.3. The zero-order valence-electron chi connectivity index (χ0n) is 7.07. The fourth-order valence-electron chi connectivity index (χ4n) is 0.940. The van der Waals surface area contributed by atoms with Gasteiger partial charge in [0.05, 0.1) is 6.07 Å². The molecule has 0 aliphatic carbocycles. The molecule has 1 heterocycles. The highest BCUT2D eigenvalue weighted by Gasteiger charge is 1.93. The van der Waals surface area contributed by atoms with E-state index >= 15 is 0 Å². The average molecular weight is 159 g/mol. The predicted octanol–water partition coefficient (Wildman–Crippen LogP) is 1.63. The molecule has 0 saturated carbocycles. The number of hydrogen-bond acceptors (Lipinski definition) is 3. The maximum atomic E-state index is 8.27. The SMILES string of the molecule is Cc1cc(C)nc(/C=C/C#N)n1. The van der Waals surface area contributed by atoms with Crippen molar-refractivity contribution < 1.29 is 0 Å². The summed E-state index contributed by atoms with van der Waals surface area (Å²) < 4.78 is 0. The van der Waals surface area contributed by atoms with Crippen molar-refractivity contribution in [2.24, 2.45) is 0 Å². The van der Waals surface area contributed by atoms with Gasteiger partial charge in [0.25, 0.3) is 0 Å². The molecule has 0 bridgehead atoms. The van der Waals surface area contributed by atoms with Gasteiger partial charge in [0.1, 0.15) is 0 Å². The highest BCUT2D eigenvalue weighted by molar-refractivity contribution is 5.43. The van der Waals surface area contributed by atoms with Crippen molar-refractivity contribution in [1.82, 2.24) is 9.97 Å². The Balaban J connectivity index is 3.03. The molecule has 0 aromatic carbocycles. The summed E-state index contributed by atoms with van der Waals surface area (Å²) in [4.78, 5) is 8.25. The third-order valence-corrected chi connectivity index (χ3v) is 1.31. The van der Waals surface area contributed by atoms with Gasteiger partial charge in [0.2, 0.25) is 0 Å². The molecule has 0 saturated heterocycles. The van der Waals surface area contributed by atoms with E-state index in [1.165, 1.54) is 6.08 Å². The van der Waals surface area contributed by atoms with Gasteiger partial charge in [-0.15, -0.1) is 0 Å². The Hall–Kier alpha value is -1.69. The number of allylic oxidation sites excluding steroid dienone is 1. The second-order valence-electron chi connectivity index (χ2n) is 2.47. The van der Waals surface area contributed by atoms with Crippen molar-refractivity contribution in [3.05, 3.63) is 29.4 Å². The normalized spacial score (nSPS) is 10.1. The maximum Gasteiger partial charge on any atom is 0.153 e.